The number of para-hydroxylation sites is 1. The van der Waals surface area contributed by atoms with E-state index in [9.17, 15) is 9.59 Å². The number of nitrogens with zero attached hydrogens (tertiary/aromatic N) is 5. The molecule has 7 heteroatoms. The maximum absolute atomic E-state index is 12.9. The average molecular weight is 353 g/mol. The van der Waals surface area contributed by atoms with Crippen LogP contribution in [0.25, 0.3) is 16.6 Å². The van der Waals surface area contributed by atoms with Crippen molar-refractivity contribution in [3.63, 3.8) is 0 Å². The smallest absolute Gasteiger partial charge is 0.338 e. The van der Waals surface area contributed by atoms with Crippen molar-refractivity contribution in [1.82, 2.24) is 24.1 Å². The molecule has 1 aliphatic heterocycles. The van der Waals surface area contributed by atoms with E-state index in [1.54, 1.807) is 0 Å². The Hall–Kier alpha value is -2.70. The fourth-order valence-electron chi connectivity index (χ4n) is 3.79. The van der Waals surface area contributed by atoms with Crippen LogP contribution in [0.1, 0.15) is 38.9 Å². The van der Waals surface area contributed by atoms with E-state index in [1.165, 1.54) is 9.08 Å². The molecule has 0 bridgehead atoms. The van der Waals surface area contributed by atoms with Crippen molar-refractivity contribution in [2.24, 2.45) is 0 Å². The maximum atomic E-state index is 12.9. The van der Waals surface area contributed by atoms with Gasteiger partial charge in [0.15, 0.2) is 5.65 Å². The second-order valence-corrected chi connectivity index (χ2v) is 6.93. The molecular weight excluding hydrogens is 330 g/mol. The molecule has 0 spiro atoms. The number of carbonyl (C=O) groups is 1. The number of amides is 1. The van der Waals surface area contributed by atoms with Gasteiger partial charge in [0.05, 0.1) is 5.52 Å². The number of likely N-dealkylation sites (tertiary alicyclic amines) is 1. The first-order valence-electron chi connectivity index (χ1n) is 9.26. The third-order valence-corrected chi connectivity index (χ3v) is 5.22. The van der Waals surface area contributed by atoms with Gasteiger partial charge in [-0.05, 0) is 38.3 Å². The molecule has 3 aromatic rings. The topological polar surface area (TPSA) is 72.5 Å². The minimum Gasteiger partial charge on any atom is -0.338 e. The molecule has 0 N–H and O–H groups in total. The van der Waals surface area contributed by atoms with Crippen molar-refractivity contribution >= 4 is 22.5 Å². The summed E-state index contributed by atoms with van der Waals surface area (Å²) in [5.74, 6) is 0.617. The van der Waals surface area contributed by atoms with Gasteiger partial charge in [-0.1, -0.05) is 19.1 Å². The Labute approximate surface area is 151 Å². The van der Waals surface area contributed by atoms with E-state index in [0.717, 1.165) is 36.7 Å². The predicted molar refractivity (Wildman–Crippen MR) is 99.2 cm³/mol. The summed E-state index contributed by atoms with van der Waals surface area (Å²) in [6.45, 7) is 4.76. The van der Waals surface area contributed by atoms with E-state index < -0.39 is 0 Å². The van der Waals surface area contributed by atoms with Gasteiger partial charge in [0, 0.05) is 24.4 Å². The number of aromatic nitrogens is 4. The molecule has 136 valence electrons. The number of hydrogen-bond donors (Lipinski definition) is 0. The standard InChI is InChI=1S/C19H23N5O2/c1-3-16-20-15-10-5-4-9-14(15)18-21-23(19(26)24(16)18)12-17(25)22-11-7-6-8-13(22)2/h4-5,9-10,13H,3,6-8,11-12H2,1-2H3/t13-/m1/s1. The lowest BCUT2D eigenvalue weighted by atomic mass is 10.0. The number of benzene rings is 1. The summed E-state index contributed by atoms with van der Waals surface area (Å²) in [7, 11) is 0. The number of rotatable bonds is 3. The summed E-state index contributed by atoms with van der Waals surface area (Å²) in [6, 6.07) is 7.86. The molecule has 4 rings (SSSR count). The monoisotopic (exact) mass is 353 g/mol. The highest BCUT2D eigenvalue weighted by atomic mass is 16.2. The molecule has 1 amide bonds. The summed E-state index contributed by atoms with van der Waals surface area (Å²) < 4.78 is 2.82. The molecule has 26 heavy (non-hydrogen) atoms. The van der Waals surface area contributed by atoms with Crippen LogP contribution in [-0.2, 0) is 17.8 Å². The molecule has 1 aromatic carbocycles. The molecule has 0 aliphatic carbocycles. The Kier molecular flexibility index (Phi) is 4.22. The van der Waals surface area contributed by atoms with Crippen molar-refractivity contribution in [1.29, 1.82) is 0 Å². The first-order valence-corrected chi connectivity index (χ1v) is 9.26. The Morgan fingerprint density at radius 1 is 1.27 bits per heavy atom. The third kappa shape index (κ3) is 2.67. The van der Waals surface area contributed by atoms with Crippen LogP contribution < -0.4 is 5.69 Å². The zero-order valence-corrected chi connectivity index (χ0v) is 15.2. The third-order valence-electron chi connectivity index (χ3n) is 5.22. The van der Waals surface area contributed by atoms with Gasteiger partial charge in [0.25, 0.3) is 0 Å². The number of fused-ring (bicyclic) bond motifs is 3. The lowest BCUT2D eigenvalue weighted by Crippen LogP contribution is -2.44. The summed E-state index contributed by atoms with van der Waals surface area (Å²) in [5, 5.41) is 5.31. The SMILES string of the molecule is CCc1nc2ccccc2c2nn(CC(=O)N3CCCC[C@H]3C)c(=O)n12. The Balaban J connectivity index is 1.79. The zero-order chi connectivity index (χ0) is 18.3. The van der Waals surface area contributed by atoms with E-state index in [2.05, 4.69) is 17.0 Å². The van der Waals surface area contributed by atoms with Crippen LogP contribution in [0.2, 0.25) is 0 Å². The highest BCUT2D eigenvalue weighted by Crippen LogP contribution is 2.18. The minimum absolute atomic E-state index is 0.0255. The summed E-state index contributed by atoms with van der Waals surface area (Å²) >= 11 is 0. The highest BCUT2D eigenvalue weighted by Gasteiger charge is 2.25. The first-order chi connectivity index (χ1) is 12.6. The van der Waals surface area contributed by atoms with Crippen molar-refractivity contribution in [2.45, 2.75) is 52.1 Å². The van der Waals surface area contributed by atoms with Gasteiger partial charge in [-0.25, -0.2) is 18.9 Å². The molecule has 3 heterocycles. The molecule has 1 fully saturated rings. The summed E-state index contributed by atoms with van der Waals surface area (Å²) in [4.78, 5) is 32.1. The van der Waals surface area contributed by atoms with Gasteiger partial charge in [-0.2, -0.15) is 0 Å². The number of hydrogen-bond acceptors (Lipinski definition) is 4. The van der Waals surface area contributed by atoms with Crippen molar-refractivity contribution < 1.29 is 4.79 Å². The van der Waals surface area contributed by atoms with E-state index >= 15 is 0 Å². The Morgan fingerprint density at radius 3 is 2.85 bits per heavy atom. The molecule has 1 saturated heterocycles. The number of piperidine rings is 1. The second-order valence-electron chi connectivity index (χ2n) is 6.93. The lowest BCUT2D eigenvalue weighted by molar-refractivity contribution is -0.135. The summed E-state index contributed by atoms with van der Waals surface area (Å²) in [5.41, 5.74) is 1.08. The van der Waals surface area contributed by atoms with Crippen LogP contribution in [0, 0.1) is 0 Å². The molecule has 0 saturated carbocycles. The summed E-state index contributed by atoms with van der Waals surface area (Å²) in [6.07, 6.45) is 3.80. The van der Waals surface area contributed by atoms with E-state index in [4.69, 9.17) is 0 Å². The van der Waals surface area contributed by atoms with E-state index in [0.29, 0.717) is 17.9 Å². The quantitative estimate of drug-likeness (QED) is 0.722. The van der Waals surface area contributed by atoms with Crippen LogP contribution >= 0.6 is 0 Å². The van der Waals surface area contributed by atoms with E-state index in [1.807, 2.05) is 36.1 Å². The van der Waals surface area contributed by atoms with Crippen molar-refractivity contribution in [3.05, 3.63) is 40.6 Å². The number of aryl methyl sites for hydroxylation is 1. The maximum Gasteiger partial charge on any atom is 0.352 e. The predicted octanol–water partition coefficient (Wildman–Crippen LogP) is 2.01. The van der Waals surface area contributed by atoms with E-state index in [-0.39, 0.29) is 24.2 Å². The average Bonchev–Trinajstić information content (AvgIpc) is 2.98. The normalized spacial score (nSPS) is 17.9. The number of carbonyl (C=O) groups excluding carboxylic acids is 1. The molecule has 7 nitrogen and oxygen atoms in total. The largest absolute Gasteiger partial charge is 0.352 e. The molecule has 0 unspecified atom stereocenters. The van der Waals surface area contributed by atoms with Gasteiger partial charge in [-0.3, -0.25) is 4.79 Å². The van der Waals surface area contributed by atoms with Gasteiger partial charge in [0.1, 0.15) is 12.4 Å². The second kappa shape index (κ2) is 6.55. The van der Waals surface area contributed by atoms with Crippen LogP contribution in [0.4, 0.5) is 0 Å². The zero-order valence-electron chi connectivity index (χ0n) is 15.2. The minimum atomic E-state index is -0.298. The van der Waals surface area contributed by atoms with Crippen molar-refractivity contribution in [2.75, 3.05) is 6.54 Å². The van der Waals surface area contributed by atoms with Gasteiger partial charge >= 0.3 is 5.69 Å². The Bertz CT molecular complexity index is 1040. The van der Waals surface area contributed by atoms with Gasteiger partial charge in [0.2, 0.25) is 5.91 Å². The van der Waals surface area contributed by atoms with Crippen molar-refractivity contribution in [3.8, 4) is 0 Å². The lowest BCUT2D eigenvalue weighted by Gasteiger charge is -2.33. The van der Waals surface area contributed by atoms with Gasteiger partial charge < -0.3 is 4.90 Å². The highest BCUT2D eigenvalue weighted by molar-refractivity contribution is 5.91. The van der Waals surface area contributed by atoms with Crippen LogP contribution in [0.15, 0.2) is 29.1 Å². The van der Waals surface area contributed by atoms with Crippen LogP contribution in [-0.4, -0.2) is 42.6 Å². The van der Waals surface area contributed by atoms with Gasteiger partial charge in [-0.15, -0.1) is 5.10 Å². The molecular formula is C19H23N5O2. The van der Waals surface area contributed by atoms with Crippen LogP contribution in [0.3, 0.4) is 0 Å². The molecule has 0 radical (unpaired) electrons. The first kappa shape index (κ1) is 16.8. The Morgan fingerprint density at radius 2 is 2.08 bits per heavy atom. The van der Waals surface area contributed by atoms with Crippen LogP contribution in [0.5, 0.6) is 0 Å². The fraction of sp³-hybridized carbons (Fsp3) is 0.474. The molecule has 1 aliphatic rings. The molecule has 1 atom stereocenters. The fourth-order valence-corrected chi connectivity index (χ4v) is 3.79. The molecule has 2 aromatic heterocycles.